The van der Waals surface area contributed by atoms with Crippen LogP contribution in [0.1, 0.15) is 6.92 Å². The minimum atomic E-state index is -0.710. The highest BCUT2D eigenvalue weighted by molar-refractivity contribution is 9.12. The summed E-state index contributed by atoms with van der Waals surface area (Å²) in [7, 11) is 0. The van der Waals surface area contributed by atoms with E-state index in [4.69, 9.17) is 4.74 Å². The number of hydrogen-bond donors (Lipinski definition) is 0. The van der Waals surface area contributed by atoms with E-state index in [0.717, 1.165) is 0 Å². The van der Waals surface area contributed by atoms with Crippen LogP contribution in [0.3, 0.4) is 0 Å². The van der Waals surface area contributed by atoms with Gasteiger partial charge in [0, 0.05) is 6.92 Å². The van der Waals surface area contributed by atoms with Gasteiger partial charge in [0.25, 0.3) is 0 Å². The Morgan fingerprint density at radius 2 is 2.12 bits per heavy atom. The Bertz CT molecular complexity index is 499. The van der Waals surface area contributed by atoms with E-state index in [1.54, 1.807) is 18.2 Å². The molecule has 2 aliphatic rings. The summed E-state index contributed by atoms with van der Waals surface area (Å²) in [5.41, 5.74) is 0. The molecule has 2 unspecified atom stereocenters. The van der Waals surface area contributed by atoms with E-state index in [2.05, 4.69) is 15.9 Å². The number of fused-ring (bicyclic) bond motifs is 1. The molecule has 0 aliphatic heterocycles. The van der Waals surface area contributed by atoms with Crippen molar-refractivity contribution in [3.63, 3.8) is 0 Å². The van der Waals surface area contributed by atoms with Crippen molar-refractivity contribution in [1.82, 2.24) is 0 Å². The van der Waals surface area contributed by atoms with Crippen LogP contribution >= 0.6 is 15.9 Å². The summed E-state index contributed by atoms with van der Waals surface area (Å²) < 4.78 is 5.23. The SMILES string of the molecule is CC(=O)OC1=CC=CC2C(=O)C(Br)=CC(=O)C12. The molecule has 2 aliphatic carbocycles. The van der Waals surface area contributed by atoms with Gasteiger partial charge < -0.3 is 4.74 Å². The first-order valence-electron chi connectivity index (χ1n) is 5.02. The maximum atomic E-state index is 11.9. The van der Waals surface area contributed by atoms with Crippen LogP contribution in [0, 0.1) is 11.8 Å². The minimum Gasteiger partial charge on any atom is -0.430 e. The molecule has 88 valence electrons. The van der Waals surface area contributed by atoms with Crippen molar-refractivity contribution in [3.05, 3.63) is 34.5 Å². The maximum Gasteiger partial charge on any atom is 0.307 e. The number of allylic oxidation sites excluding steroid dienone is 6. The molecule has 0 bridgehead atoms. The van der Waals surface area contributed by atoms with Gasteiger partial charge >= 0.3 is 5.97 Å². The summed E-state index contributed by atoms with van der Waals surface area (Å²) in [5.74, 6) is -1.97. The fourth-order valence-electron chi connectivity index (χ4n) is 1.93. The third-order valence-electron chi connectivity index (χ3n) is 2.62. The Morgan fingerprint density at radius 3 is 2.76 bits per heavy atom. The van der Waals surface area contributed by atoms with Crippen molar-refractivity contribution in [1.29, 1.82) is 0 Å². The number of esters is 1. The second-order valence-electron chi connectivity index (χ2n) is 3.81. The number of ether oxygens (including phenoxy) is 1. The molecule has 0 saturated heterocycles. The van der Waals surface area contributed by atoms with E-state index >= 15 is 0 Å². The minimum absolute atomic E-state index is 0.177. The third kappa shape index (κ3) is 2.15. The van der Waals surface area contributed by atoms with Crippen LogP contribution in [0.4, 0.5) is 0 Å². The lowest BCUT2D eigenvalue weighted by Crippen LogP contribution is -2.36. The molecule has 0 saturated carbocycles. The monoisotopic (exact) mass is 296 g/mol. The topological polar surface area (TPSA) is 60.4 Å². The number of Topliss-reactive ketones (excluding diaryl/α,β-unsaturated/α-hetero) is 1. The average molecular weight is 297 g/mol. The molecule has 2 rings (SSSR count). The number of carbonyl (C=O) groups is 3. The zero-order chi connectivity index (χ0) is 12.6. The van der Waals surface area contributed by atoms with E-state index in [-0.39, 0.29) is 21.8 Å². The number of halogens is 1. The second-order valence-corrected chi connectivity index (χ2v) is 4.66. The lowest BCUT2D eigenvalue weighted by atomic mass is 9.77. The van der Waals surface area contributed by atoms with Gasteiger partial charge in [0.05, 0.1) is 16.3 Å². The molecule has 0 fully saturated rings. The van der Waals surface area contributed by atoms with Crippen LogP contribution in [0.5, 0.6) is 0 Å². The summed E-state index contributed by atoms with van der Waals surface area (Å²) in [6.45, 7) is 1.26. The van der Waals surface area contributed by atoms with Crippen LogP contribution in [0.25, 0.3) is 0 Å². The zero-order valence-corrected chi connectivity index (χ0v) is 10.6. The predicted molar refractivity (Wildman–Crippen MR) is 63.0 cm³/mol. The highest BCUT2D eigenvalue weighted by Crippen LogP contribution is 2.35. The standard InChI is InChI=1S/C12H9BrO4/c1-6(14)17-10-4-2-3-7-11(10)9(15)5-8(13)12(7)16/h2-5,7,11H,1H3. The molecule has 0 spiro atoms. The van der Waals surface area contributed by atoms with E-state index in [9.17, 15) is 14.4 Å². The van der Waals surface area contributed by atoms with Crippen LogP contribution < -0.4 is 0 Å². The van der Waals surface area contributed by atoms with Gasteiger partial charge in [-0.3, -0.25) is 14.4 Å². The quantitative estimate of drug-likeness (QED) is 0.691. The molecular weight excluding hydrogens is 288 g/mol. The number of carbonyl (C=O) groups excluding carboxylic acids is 3. The number of rotatable bonds is 1. The molecule has 4 nitrogen and oxygen atoms in total. The van der Waals surface area contributed by atoms with Gasteiger partial charge in [-0.25, -0.2) is 0 Å². The highest BCUT2D eigenvalue weighted by Gasteiger charge is 2.41. The van der Waals surface area contributed by atoms with Crippen molar-refractivity contribution >= 4 is 33.5 Å². The Balaban J connectivity index is 2.39. The molecule has 2 atom stereocenters. The Hall–Kier alpha value is -1.49. The predicted octanol–water partition coefficient (Wildman–Crippen LogP) is 1.67. The van der Waals surface area contributed by atoms with Gasteiger partial charge in [-0.2, -0.15) is 0 Å². The largest absolute Gasteiger partial charge is 0.430 e. The van der Waals surface area contributed by atoms with Crippen molar-refractivity contribution < 1.29 is 19.1 Å². The summed E-state index contributed by atoms with van der Waals surface area (Å²) in [4.78, 5) is 34.6. The fraction of sp³-hybridized carbons (Fsp3) is 0.250. The zero-order valence-electron chi connectivity index (χ0n) is 8.98. The molecule has 0 aromatic carbocycles. The van der Waals surface area contributed by atoms with Crippen LogP contribution in [0.2, 0.25) is 0 Å². The smallest absolute Gasteiger partial charge is 0.307 e. The molecular formula is C12H9BrO4. The van der Waals surface area contributed by atoms with E-state index in [1.807, 2.05) is 0 Å². The molecule has 0 heterocycles. The lowest BCUT2D eigenvalue weighted by Gasteiger charge is -2.28. The van der Waals surface area contributed by atoms with Crippen LogP contribution in [0.15, 0.2) is 34.5 Å². The highest BCUT2D eigenvalue weighted by atomic mass is 79.9. The number of ketones is 2. The molecule has 17 heavy (non-hydrogen) atoms. The summed E-state index contributed by atoms with van der Waals surface area (Å²) in [6.07, 6.45) is 6.04. The molecule has 0 amide bonds. The molecule has 0 N–H and O–H groups in total. The first-order chi connectivity index (χ1) is 8.00. The maximum absolute atomic E-state index is 11.9. The van der Waals surface area contributed by atoms with Gasteiger partial charge in [-0.1, -0.05) is 12.2 Å². The van der Waals surface area contributed by atoms with E-state index in [1.165, 1.54) is 13.0 Å². The van der Waals surface area contributed by atoms with Crippen LogP contribution in [-0.2, 0) is 19.1 Å². The lowest BCUT2D eigenvalue weighted by molar-refractivity contribution is -0.139. The molecule has 0 radical (unpaired) electrons. The summed E-state index contributed by atoms with van der Waals surface area (Å²) in [6, 6.07) is 0. The summed E-state index contributed by atoms with van der Waals surface area (Å²) in [5, 5.41) is 0. The van der Waals surface area contributed by atoms with Gasteiger partial charge in [-0.05, 0) is 28.1 Å². The van der Waals surface area contributed by atoms with Gasteiger partial charge in [0.1, 0.15) is 5.76 Å². The third-order valence-corrected chi connectivity index (χ3v) is 3.24. The van der Waals surface area contributed by atoms with Crippen molar-refractivity contribution in [3.8, 4) is 0 Å². The molecule has 0 aromatic rings. The fourth-order valence-corrected chi connectivity index (χ4v) is 2.42. The molecule has 5 heteroatoms. The van der Waals surface area contributed by atoms with E-state index in [0.29, 0.717) is 0 Å². The van der Waals surface area contributed by atoms with Crippen molar-refractivity contribution in [2.24, 2.45) is 11.8 Å². The van der Waals surface area contributed by atoms with Crippen LogP contribution in [-0.4, -0.2) is 17.5 Å². The summed E-state index contributed by atoms with van der Waals surface area (Å²) >= 11 is 3.06. The first kappa shape index (κ1) is 12.0. The van der Waals surface area contributed by atoms with Gasteiger partial charge in [-0.15, -0.1) is 0 Å². The Labute approximate surface area is 106 Å². The van der Waals surface area contributed by atoms with Crippen molar-refractivity contribution in [2.45, 2.75) is 6.92 Å². The normalized spacial score (nSPS) is 27.2. The van der Waals surface area contributed by atoms with E-state index < -0.39 is 17.8 Å². The first-order valence-corrected chi connectivity index (χ1v) is 5.82. The Morgan fingerprint density at radius 1 is 1.41 bits per heavy atom. The van der Waals surface area contributed by atoms with Gasteiger partial charge in [0.15, 0.2) is 11.6 Å². The molecule has 0 aromatic heterocycles. The van der Waals surface area contributed by atoms with Gasteiger partial charge in [0.2, 0.25) is 0 Å². The number of hydrogen-bond acceptors (Lipinski definition) is 4. The van der Waals surface area contributed by atoms with Crippen molar-refractivity contribution in [2.75, 3.05) is 0 Å². The Kier molecular flexibility index (Phi) is 3.11. The second kappa shape index (κ2) is 4.41. The average Bonchev–Trinajstić information content (AvgIpc) is 2.25.